The van der Waals surface area contributed by atoms with E-state index < -0.39 is 5.54 Å². The summed E-state index contributed by atoms with van der Waals surface area (Å²) < 4.78 is 5.34. The second-order valence-electron chi connectivity index (χ2n) is 4.93. The molecular formula is C14H13Cl3N2O2. The second-order valence-corrected chi connectivity index (χ2v) is 6.16. The Hall–Kier alpha value is -1.15. The third-order valence-electron chi connectivity index (χ3n) is 3.38. The zero-order valence-corrected chi connectivity index (χ0v) is 13.4. The molecule has 7 heteroatoms. The van der Waals surface area contributed by atoms with Gasteiger partial charge >= 0.3 is 0 Å². The molecule has 1 aliphatic carbocycles. The van der Waals surface area contributed by atoms with Gasteiger partial charge in [0.15, 0.2) is 6.61 Å². The highest BCUT2D eigenvalue weighted by molar-refractivity contribution is 6.43. The molecule has 0 saturated heterocycles. The van der Waals surface area contributed by atoms with Gasteiger partial charge in [0, 0.05) is 6.07 Å². The summed E-state index contributed by atoms with van der Waals surface area (Å²) in [5, 5.41) is 12.8. The van der Waals surface area contributed by atoms with Gasteiger partial charge in [0.2, 0.25) is 0 Å². The Labute approximate surface area is 137 Å². The van der Waals surface area contributed by atoms with Crippen molar-refractivity contribution >= 4 is 40.7 Å². The van der Waals surface area contributed by atoms with E-state index in [9.17, 15) is 10.1 Å². The highest BCUT2D eigenvalue weighted by Crippen LogP contribution is 2.34. The number of carbonyl (C=O) groups is 1. The maximum Gasteiger partial charge on any atom is 0.259 e. The zero-order valence-electron chi connectivity index (χ0n) is 11.1. The predicted molar refractivity (Wildman–Crippen MR) is 81.9 cm³/mol. The third kappa shape index (κ3) is 3.94. The maximum atomic E-state index is 11.9. The molecule has 0 spiro atoms. The largest absolute Gasteiger partial charge is 0.482 e. The Morgan fingerprint density at radius 2 is 1.86 bits per heavy atom. The first-order chi connectivity index (χ1) is 9.96. The van der Waals surface area contributed by atoms with Crippen LogP contribution >= 0.6 is 34.8 Å². The SMILES string of the molecule is N#CC1(NC(=O)COc2cc(Cl)c(Cl)cc2Cl)CCCC1. The van der Waals surface area contributed by atoms with E-state index in [2.05, 4.69) is 11.4 Å². The Morgan fingerprint density at radius 1 is 1.24 bits per heavy atom. The van der Waals surface area contributed by atoms with Gasteiger partial charge in [0.05, 0.1) is 21.1 Å². The number of benzene rings is 1. The first-order valence-electron chi connectivity index (χ1n) is 6.45. The lowest BCUT2D eigenvalue weighted by Gasteiger charge is -2.22. The predicted octanol–water partition coefficient (Wildman–Crippen LogP) is 3.98. The van der Waals surface area contributed by atoms with E-state index in [0.29, 0.717) is 22.9 Å². The van der Waals surface area contributed by atoms with Crippen LogP contribution in [0.1, 0.15) is 25.7 Å². The molecule has 1 amide bonds. The van der Waals surface area contributed by atoms with Crippen LogP contribution in [0.5, 0.6) is 5.75 Å². The molecule has 1 N–H and O–H groups in total. The molecule has 2 rings (SSSR count). The van der Waals surface area contributed by atoms with E-state index in [4.69, 9.17) is 39.5 Å². The molecule has 1 saturated carbocycles. The summed E-state index contributed by atoms with van der Waals surface area (Å²) in [6.45, 7) is -0.235. The minimum atomic E-state index is -0.762. The number of nitrogens with one attached hydrogen (secondary N) is 1. The average molecular weight is 348 g/mol. The molecule has 0 heterocycles. The highest BCUT2D eigenvalue weighted by atomic mass is 35.5. The summed E-state index contributed by atoms with van der Waals surface area (Å²) in [6.07, 6.45) is 3.21. The van der Waals surface area contributed by atoms with Crippen molar-refractivity contribution in [1.29, 1.82) is 5.26 Å². The van der Waals surface area contributed by atoms with Crippen LogP contribution in [0.25, 0.3) is 0 Å². The van der Waals surface area contributed by atoms with Crippen molar-refractivity contribution in [2.24, 2.45) is 0 Å². The quantitative estimate of drug-likeness (QED) is 0.838. The van der Waals surface area contributed by atoms with E-state index in [0.717, 1.165) is 12.8 Å². The Balaban J connectivity index is 1.96. The van der Waals surface area contributed by atoms with Crippen LogP contribution in [0.4, 0.5) is 0 Å². The number of halogens is 3. The smallest absolute Gasteiger partial charge is 0.259 e. The monoisotopic (exact) mass is 346 g/mol. The molecule has 21 heavy (non-hydrogen) atoms. The summed E-state index contributed by atoms with van der Waals surface area (Å²) in [4.78, 5) is 11.9. The molecule has 0 unspecified atom stereocenters. The van der Waals surface area contributed by atoms with E-state index in [-0.39, 0.29) is 23.3 Å². The van der Waals surface area contributed by atoms with Crippen LogP contribution in [0, 0.1) is 11.3 Å². The molecule has 0 atom stereocenters. The van der Waals surface area contributed by atoms with Gasteiger partial charge < -0.3 is 10.1 Å². The van der Waals surface area contributed by atoms with Crippen molar-refractivity contribution in [3.8, 4) is 11.8 Å². The van der Waals surface area contributed by atoms with Gasteiger partial charge in [-0.05, 0) is 31.7 Å². The first-order valence-corrected chi connectivity index (χ1v) is 7.59. The van der Waals surface area contributed by atoms with Gasteiger partial charge in [0.25, 0.3) is 5.91 Å². The summed E-state index contributed by atoms with van der Waals surface area (Å²) in [5.74, 6) is -0.0840. The van der Waals surface area contributed by atoms with E-state index in [1.54, 1.807) is 0 Å². The van der Waals surface area contributed by atoms with Gasteiger partial charge in [-0.25, -0.2) is 0 Å². The topological polar surface area (TPSA) is 62.1 Å². The number of ether oxygens (including phenoxy) is 1. The molecule has 1 aromatic carbocycles. The minimum Gasteiger partial charge on any atom is -0.482 e. The van der Waals surface area contributed by atoms with E-state index in [1.807, 2.05) is 0 Å². The van der Waals surface area contributed by atoms with Crippen molar-refractivity contribution in [3.05, 3.63) is 27.2 Å². The number of amides is 1. The Morgan fingerprint density at radius 3 is 2.48 bits per heavy atom. The molecule has 112 valence electrons. The fourth-order valence-corrected chi connectivity index (χ4v) is 2.90. The van der Waals surface area contributed by atoms with Gasteiger partial charge in [-0.1, -0.05) is 34.8 Å². The highest BCUT2D eigenvalue weighted by Gasteiger charge is 2.35. The van der Waals surface area contributed by atoms with Gasteiger partial charge in [-0.15, -0.1) is 0 Å². The second kappa shape index (κ2) is 6.74. The van der Waals surface area contributed by atoms with Gasteiger partial charge in [-0.2, -0.15) is 5.26 Å². The normalized spacial score (nSPS) is 16.3. The first kappa shape index (κ1) is 16.2. The van der Waals surface area contributed by atoms with Crippen LogP contribution in [0.15, 0.2) is 12.1 Å². The number of rotatable bonds is 4. The van der Waals surface area contributed by atoms with Crippen LogP contribution in [0.2, 0.25) is 15.1 Å². The van der Waals surface area contributed by atoms with Crippen molar-refractivity contribution < 1.29 is 9.53 Å². The Bertz CT molecular complexity index is 593. The molecule has 0 aromatic heterocycles. The zero-order chi connectivity index (χ0) is 15.5. The summed E-state index contributed by atoms with van der Waals surface area (Å²) >= 11 is 17.6. The summed E-state index contributed by atoms with van der Waals surface area (Å²) in [6, 6.07) is 5.09. The van der Waals surface area contributed by atoms with Crippen molar-refractivity contribution in [3.63, 3.8) is 0 Å². The molecule has 4 nitrogen and oxygen atoms in total. The minimum absolute atomic E-state index is 0.235. The van der Waals surface area contributed by atoms with Crippen molar-refractivity contribution in [2.75, 3.05) is 6.61 Å². The van der Waals surface area contributed by atoms with E-state index in [1.165, 1.54) is 12.1 Å². The maximum absolute atomic E-state index is 11.9. The third-order valence-corrected chi connectivity index (χ3v) is 4.40. The van der Waals surface area contributed by atoms with Crippen LogP contribution in [0.3, 0.4) is 0 Å². The fraction of sp³-hybridized carbons (Fsp3) is 0.429. The lowest BCUT2D eigenvalue weighted by Crippen LogP contribution is -2.47. The summed E-state index contributed by atoms with van der Waals surface area (Å²) in [5.41, 5.74) is -0.762. The molecule has 0 bridgehead atoms. The average Bonchev–Trinajstić information content (AvgIpc) is 2.90. The van der Waals surface area contributed by atoms with Crippen molar-refractivity contribution in [2.45, 2.75) is 31.2 Å². The van der Waals surface area contributed by atoms with Crippen LogP contribution in [-0.2, 0) is 4.79 Å². The summed E-state index contributed by atoms with van der Waals surface area (Å²) in [7, 11) is 0. The number of carbonyl (C=O) groups excluding carboxylic acids is 1. The molecular weight excluding hydrogens is 335 g/mol. The van der Waals surface area contributed by atoms with Crippen LogP contribution in [-0.4, -0.2) is 18.1 Å². The number of hydrogen-bond acceptors (Lipinski definition) is 3. The number of nitrogens with zero attached hydrogens (tertiary/aromatic N) is 1. The molecule has 1 fully saturated rings. The van der Waals surface area contributed by atoms with Crippen LogP contribution < -0.4 is 10.1 Å². The molecule has 1 aromatic rings. The van der Waals surface area contributed by atoms with E-state index >= 15 is 0 Å². The molecule has 1 aliphatic rings. The molecule has 0 radical (unpaired) electrons. The van der Waals surface area contributed by atoms with Crippen molar-refractivity contribution in [1.82, 2.24) is 5.32 Å². The lowest BCUT2D eigenvalue weighted by atomic mass is 10.00. The van der Waals surface area contributed by atoms with Gasteiger partial charge in [0.1, 0.15) is 11.3 Å². The molecule has 0 aliphatic heterocycles. The fourth-order valence-electron chi connectivity index (χ4n) is 2.30. The Kier molecular flexibility index (Phi) is 5.21. The standard InChI is InChI=1S/C14H13Cl3N2O2/c15-9-5-11(17)12(6-10(9)16)21-7-13(20)19-14(8-18)3-1-2-4-14/h5-6H,1-4,7H2,(H,19,20). The lowest BCUT2D eigenvalue weighted by molar-refractivity contribution is -0.124. The van der Waals surface area contributed by atoms with Gasteiger partial charge in [-0.3, -0.25) is 4.79 Å². The number of hydrogen-bond donors (Lipinski definition) is 1. The number of nitriles is 1.